The quantitative estimate of drug-likeness (QED) is 0.496. The average molecular weight is 392 g/mol. The van der Waals surface area contributed by atoms with E-state index in [1.165, 1.54) is 23.0 Å². The molecule has 1 aromatic heterocycles. The number of alkyl halides is 3. The van der Waals surface area contributed by atoms with Crippen LogP contribution in [-0.4, -0.2) is 27.7 Å². The molecule has 27 heavy (non-hydrogen) atoms. The summed E-state index contributed by atoms with van der Waals surface area (Å²) in [4.78, 5) is 0. The molecule has 0 atom stereocenters. The van der Waals surface area contributed by atoms with Crippen LogP contribution in [0.2, 0.25) is 0 Å². The highest BCUT2D eigenvalue weighted by Gasteiger charge is 2.29. The van der Waals surface area contributed by atoms with Gasteiger partial charge in [0.15, 0.2) is 5.82 Å². The first-order valence-electron chi connectivity index (χ1n) is 8.01. The minimum atomic E-state index is -4.37. The lowest BCUT2D eigenvalue weighted by atomic mass is 10.1. The minimum Gasteiger partial charge on any atom is -0.494 e. The molecule has 2 aromatic carbocycles. The third kappa shape index (κ3) is 4.43. The lowest BCUT2D eigenvalue weighted by Gasteiger charge is -2.06. The summed E-state index contributed by atoms with van der Waals surface area (Å²) in [6.45, 7) is 2.42. The molecule has 0 bridgehead atoms. The molecule has 0 saturated heterocycles. The number of benzene rings is 2. The van der Waals surface area contributed by atoms with Crippen molar-refractivity contribution in [3.8, 4) is 17.1 Å². The Morgan fingerprint density at radius 1 is 1.22 bits per heavy atom. The molecule has 0 spiro atoms. The van der Waals surface area contributed by atoms with Crippen LogP contribution in [0.25, 0.3) is 11.4 Å². The van der Waals surface area contributed by atoms with Gasteiger partial charge in [-0.05, 0) is 49.0 Å². The monoisotopic (exact) mass is 392 g/mol. The highest BCUT2D eigenvalue weighted by Crippen LogP contribution is 2.29. The first kappa shape index (κ1) is 18.8. The van der Waals surface area contributed by atoms with Gasteiger partial charge in [0, 0.05) is 5.56 Å². The topological polar surface area (TPSA) is 55.2 Å². The Hall–Kier alpha value is -2.94. The molecule has 0 fully saturated rings. The fourth-order valence-corrected chi connectivity index (χ4v) is 2.54. The van der Waals surface area contributed by atoms with Crippen LogP contribution in [0.15, 0.2) is 53.6 Å². The van der Waals surface area contributed by atoms with Gasteiger partial charge in [0.1, 0.15) is 5.75 Å². The van der Waals surface area contributed by atoms with Crippen LogP contribution in [0.4, 0.5) is 13.2 Å². The average Bonchev–Trinajstić information content (AvgIpc) is 3.01. The van der Waals surface area contributed by atoms with Crippen LogP contribution in [0, 0.1) is 4.77 Å². The van der Waals surface area contributed by atoms with Gasteiger partial charge in [-0.15, -0.1) is 0 Å². The summed E-state index contributed by atoms with van der Waals surface area (Å²) in [5.41, 5.74) is 0.519. The lowest BCUT2D eigenvalue weighted by molar-refractivity contribution is -0.137. The molecule has 5 nitrogen and oxygen atoms in total. The van der Waals surface area contributed by atoms with Crippen molar-refractivity contribution in [3.05, 3.63) is 64.4 Å². The molecule has 1 heterocycles. The molecular formula is C18H15F3N4OS. The van der Waals surface area contributed by atoms with Crippen molar-refractivity contribution in [2.75, 3.05) is 6.61 Å². The van der Waals surface area contributed by atoms with Crippen molar-refractivity contribution >= 4 is 18.4 Å². The van der Waals surface area contributed by atoms with Gasteiger partial charge in [-0.2, -0.15) is 28.0 Å². The maximum atomic E-state index is 12.6. The normalized spacial score (nSPS) is 11.9. The van der Waals surface area contributed by atoms with Crippen molar-refractivity contribution in [2.45, 2.75) is 13.1 Å². The number of rotatable bonds is 5. The van der Waals surface area contributed by atoms with Gasteiger partial charge in [-0.1, -0.05) is 24.3 Å². The SMILES string of the molecule is CCOc1cccc(-c2n[nH]c(=S)n2/N=C\c2ccc(C(F)(F)F)cc2)c1. The molecule has 0 aliphatic rings. The van der Waals surface area contributed by atoms with Crippen LogP contribution >= 0.6 is 12.2 Å². The van der Waals surface area contributed by atoms with Crippen LogP contribution in [-0.2, 0) is 6.18 Å². The molecule has 0 aliphatic heterocycles. The molecule has 9 heteroatoms. The van der Waals surface area contributed by atoms with E-state index in [1.54, 1.807) is 6.07 Å². The zero-order valence-electron chi connectivity index (χ0n) is 14.2. The number of ether oxygens (including phenoxy) is 1. The third-order valence-electron chi connectivity index (χ3n) is 3.61. The number of aromatic nitrogens is 3. The second kappa shape index (κ2) is 7.75. The van der Waals surface area contributed by atoms with Gasteiger partial charge < -0.3 is 4.74 Å². The van der Waals surface area contributed by atoms with E-state index in [4.69, 9.17) is 17.0 Å². The summed E-state index contributed by atoms with van der Waals surface area (Å²) in [6.07, 6.45) is -2.96. The highest BCUT2D eigenvalue weighted by molar-refractivity contribution is 7.71. The summed E-state index contributed by atoms with van der Waals surface area (Å²) in [5.74, 6) is 1.15. The summed E-state index contributed by atoms with van der Waals surface area (Å²) in [7, 11) is 0. The van der Waals surface area contributed by atoms with E-state index in [2.05, 4.69) is 15.3 Å². The summed E-state index contributed by atoms with van der Waals surface area (Å²) < 4.78 is 45.0. The minimum absolute atomic E-state index is 0.259. The van der Waals surface area contributed by atoms with E-state index in [-0.39, 0.29) is 4.77 Å². The molecule has 3 rings (SSSR count). The fourth-order valence-electron chi connectivity index (χ4n) is 2.36. The van der Waals surface area contributed by atoms with Crippen molar-refractivity contribution in [1.82, 2.24) is 14.9 Å². The Morgan fingerprint density at radius 3 is 2.63 bits per heavy atom. The van der Waals surface area contributed by atoms with Gasteiger partial charge in [-0.3, -0.25) is 0 Å². The smallest absolute Gasteiger partial charge is 0.416 e. The molecule has 1 N–H and O–H groups in total. The van der Waals surface area contributed by atoms with Crippen LogP contribution in [0.3, 0.4) is 0 Å². The van der Waals surface area contributed by atoms with E-state index >= 15 is 0 Å². The number of aromatic amines is 1. The predicted octanol–water partition coefficient (Wildman–Crippen LogP) is 4.91. The van der Waals surface area contributed by atoms with E-state index in [9.17, 15) is 13.2 Å². The Labute approximate surface area is 158 Å². The maximum absolute atomic E-state index is 12.6. The van der Waals surface area contributed by atoms with Crippen molar-refractivity contribution < 1.29 is 17.9 Å². The molecule has 140 valence electrons. The second-order valence-electron chi connectivity index (χ2n) is 5.49. The molecule has 0 saturated carbocycles. The van der Waals surface area contributed by atoms with Crippen LogP contribution < -0.4 is 4.74 Å². The first-order valence-corrected chi connectivity index (χ1v) is 8.41. The number of halogens is 3. The Balaban J connectivity index is 1.90. The molecule has 0 aliphatic carbocycles. The molecular weight excluding hydrogens is 377 g/mol. The molecule has 0 radical (unpaired) electrons. The Morgan fingerprint density at radius 2 is 1.96 bits per heavy atom. The Kier molecular flexibility index (Phi) is 5.41. The largest absolute Gasteiger partial charge is 0.494 e. The van der Waals surface area contributed by atoms with E-state index in [0.717, 1.165) is 17.7 Å². The number of H-pyrrole nitrogens is 1. The van der Waals surface area contributed by atoms with E-state index < -0.39 is 11.7 Å². The Bertz CT molecular complexity index is 1010. The summed E-state index contributed by atoms with van der Waals surface area (Å²) in [6, 6.07) is 12.0. The zero-order chi connectivity index (χ0) is 19.4. The van der Waals surface area contributed by atoms with E-state index in [1.807, 2.05) is 25.1 Å². The fraction of sp³-hybridized carbons (Fsp3) is 0.167. The maximum Gasteiger partial charge on any atom is 0.416 e. The van der Waals surface area contributed by atoms with Gasteiger partial charge in [0.05, 0.1) is 18.4 Å². The molecule has 3 aromatic rings. The molecule has 0 unspecified atom stereocenters. The van der Waals surface area contributed by atoms with Crippen molar-refractivity contribution in [2.24, 2.45) is 5.10 Å². The van der Waals surface area contributed by atoms with Crippen LogP contribution in [0.5, 0.6) is 5.75 Å². The lowest BCUT2D eigenvalue weighted by Crippen LogP contribution is -2.04. The zero-order valence-corrected chi connectivity index (χ0v) is 15.0. The predicted molar refractivity (Wildman–Crippen MR) is 98.5 cm³/mol. The second-order valence-corrected chi connectivity index (χ2v) is 5.88. The van der Waals surface area contributed by atoms with Gasteiger partial charge >= 0.3 is 6.18 Å². The van der Waals surface area contributed by atoms with Gasteiger partial charge in [-0.25, -0.2) is 5.10 Å². The number of hydrogen-bond donors (Lipinski definition) is 1. The number of nitrogens with zero attached hydrogens (tertiary/aromatic N) is 3. The number of hydrogen-bond acceptors (Lipinski definition) is 4. The number of nitrogens with one attached hydrogen (secondary N) is 1. The first-order chi connectivity index (χ1) is 12.9. The highest BCUT2D eigenvalue weighted by atomic mass is 32.1. The van der Waals surface area contributed by atoms with Crippen molar-refractivity contribution in [3.63, 3.8) is 0 Å². The molecule has 0 amide bonds. The van der Waals surface area contributed by atoms with E-state index in [0.29, 0.717) is 23.7 Å². The summed E-state index contributed by atoms with van der Waals surface area (Å²) >= 11 is 5.19. The van der Waals surface area contributed by atoms with Gasteiger partial charge in [0.2, 0.25) is 4.77 Å². The van der Waals surface area contributed by atoms with Crippen molar-refractivity contribution in [1.29, 1.82) is 0 Å². The van der Waals surface area contributed by atoms with Gasteiger partial charge in [0.25, 0.3) is 0 Å². The standard InChI is InChI=1S/C18H15F3N4OS/c1-2-26-15-5-3-4-13(10-15)16-23-24-17(27)25(16)22-11-12-6-8-14(9-7-12)18(19,20)21/h3-11H,2H2,1H3,(H,24,27)/b22-11-. The van der Waals surface area contributed by atoms with Crippen LogP contribution in [0.1, 0.15) is 18.1 Å². The summed E-state index contributed by atoms with van der Waals surface area (Å²) in [5, 5.41) is 11.1. The third-order valence-corrected chi connectivity index (χ3v) is 3.88.